The van der Waals surface area contributed by atoms with Gasteiger partial charge in [-0.2, -0.15) is 4.98 Å². The molecule has 20 heavy (non-hydrogen) atoms. The second-order valence-corrected chi connectivity index (χ2v) is 5.95. The van der Waals surface area contributed by atoms with Gasteiger partial charge in [-0.05, 0) is 38.8 Å². The van der Waals surface area contributed by atoms with Crippen molar-refractivity contribution in [2.75, 3.05) is 6.54 Å². The Morgan fingerprint density at radius 1 is 1.20 bits per heavy atom. The van der Waals surface area contributed by atoms with Gasteiger partial charge in [-0.15, -0.1) is 0 Å². The quantitative estimate of drug-likeness (QED) is 0.931. The van der Waals surface area contributed by atoms with Gasteiger partial charge in [0.2, 0.25) is 5.89 Å². The maximum atomic E-state index is 5.49. The van der Waals surface area contributed by atoms with E-state index in [4.69, 9.17) is 4.52 Å². The normalized spacial score (nSPS) is 20.0. The fourth-order valence-corrected chi connectivity index (χ4v) is 2.68. The van der Waals surface area contributed by atoms with Crippen molar-refractivity contribution in [3.05, 3.63) is 47.6 Å². The van der Waals surface area contributed by atoms with Gasteiger partial charge in [-0.25, -0.2) is 0 Å². The van der Waals surface area contributed by atoms with Crippen molar-refractivity contribution in [2.45, 2.75) is 44.6 Å². The van der Waals surface area contributed by atoms with Crippen molar-refractivity contribution in [1.82, 2.24) is 15.5 Å². The first-order chi connectivity index (χ1) is 9.68. The lowest BCUT2D eigenvalue weighted by Gasteiger charge is -2.21. The lowest BCUT2D eigenvalue weighted by Crippen LogP contribution is -2.27. The van der Waals surface area contributed by atoms with E-state index in [0.717, 1.165) is 24.7 Å². The summed E-state index contributed by atoms with van der Waals surface area (Å²) in [7, 11) is 0. The average Bonchev–Trinajstić information content (AvgIpc) is 3.00. The monoisotopic (exact) mass is 271 g/mol. The second kappa shape index (κ2) is 5.37. The van der Waals surface area contributed by atoms with Gasteiger partial charge in [-0.1, -0.05) is 41.9 Å². The van der Waals surface area contributed by atoms with E-state index in [9.17, 15) is 0 Å². The van der Waals surface area contributed by atoms with Gasteiger partial charge >= 0.3 is 0 Å². The van der Waals surface area contributed by atoms with Crippen LogP contribution in [-0.4, -0.2) is 16.7 Å². The molecule has 1 aromatic carbocycles. The van der Waals surface area contributed by atoms with Crippen LogP contribution in [0.4, 0.5) is 0 Å². The molecule has 1 aromatic heterocycles. The number of aromatic nitrogens is 2. The third kappa shape index (κ3) is 2.48. The Balaban J connectivity index is 1.85. The highest BCUT2D eigenvalue weighted by Gasteiger charge is 2.30. The number of piperidine rings is 1. The van der Waals surface area contributed by atoms with Crippen LogP contribution in [0.3, 0.4) is 0 Å². The Bertz CT molecular complexity index is 556. The molecule has 0 radical (unpaired) electrons. The van der Waals surface area contributed by atoms with Crippen LogP contribution in [0.5, 0.6) is 0 Å². The number of benzene rings is 1. The molecule has 1 N–H and O–H groups in total. The summed E-state index contributed by atoms with van der Waals surface area (Å²) in [5.74, 6) is 1.48. The molecule has 0 saturated carbocycles. The smallest absolute Gasteiger partial charge is 0.243 e. The SMILES string of the molecule is CC(C)(c1ccccc1)c1noc([C@H]2CCCCN2)n1. The van der Waals surface area contributed by atoms with Gasteiger partial charge in [0.05, 0.1) is 11.5 Å². The zero-order valence-electron chi connectivity index (χ0n) is 12.1. The lowest BCUT2D eigenvalue weighted by molar-refractivity contribution is 0.294. The maximum Gasteiger partial charge on any atom is 0.243 e. The Kier molecular flexibility index (Phi) is 3.57. The molecule has 0 unspecified atom stereocenters. The Labute approximate surface area is 119 Å². The summed E-state index contributed by atoms with van der Waals surface area (Å²) in [4.78, 5) is 4.64. The maximum absolute atomic E-state index is 5.49. The third-order valence-corrected chi connectivity index (χ3v) is 4.10. The van der Waals surface area contributed by atoms with E-state index < -0.39 is 0 Å². The number of hydrogen-bond acceptors (Lipinski definition) is 4. The Hall–Kier alpha value is -1.68. The number of nitrogens with zero attached hydrogens (tertiary/aromatic N) is 2. The third-order valence-electron chi connectivity index (χ3n) is 4.10. The van der Waals surface area contributed by atoms with Crippen molar-refractivity contribution in [1.29, 1.82) is 0 Å². The van der Waals surface area contributed by atoms with Crippen molar-refractivity contribution in [3.63, 3.8) is 0 Å². The topological polar surface area (TPSA) is 51.0 Å². The molecule has 4 heteroatoms. The lowest BCUT2D eigenvalue weighted by atomic mass is 9.84. The van der Waals surface area contributed by atoms with E-state index in [2.05, 4.69) is 41.4 Å². The largest absolute Gasteiger partial charge is 0.338 e. The summed E-state index contributed by atoms with van der Waals surface area (Å²) < 4.78 is 5.49. The minimum atomic E-state index is -0.238. The average molecular weight is 271 g/mol. The van der Waals surface area contributed by atoms with Crippen LogP contribution in [0.25, 0.3) is 0 Å². The highest BCUT2D eigenvalue weighted by atomic mass is 16.5. The molecule has 1 atom stereocenters. The molecule has 0 spiro atoms. The first kappa shape index (κ1) is 13.3. The highest BCUT2D eigenvalue weighted by molar-refractivity contribution is 5.30. The summed E-state index contributed by atoms with van der Waals surface area (Å²) in [5, 5.41) is 7.66. The van der Waals surface area contributed by atoms with Crippen LogP contribution >= 0.6 is 0 Å². The molecule has 1 saturated heterocycles. The van der Waals surface area contributed by atoms with Crippen molar-refractivity contribution in [2.24, 2.45) is 0 Å². The first-order valence-corrected chi connectivity index (χ1v) is 7.31. The van der Waals surface area contributed by atoms with Gasteiger partial charge in [0.1, 0.15) is 0 Å². The predicted octanol–water partition coefficient (Wildman–Crippen LogP) is 3.21. The molecule has 1 fully saturated rings. The van der Waals surface area contributed by atoms with Crippen LogP contribution in [-0.2, 0) is 5.41 Å². The molecule has 1 aliphatic heterocycles. The minimum absolute atomic E-state index is 0.219. The van der Waals surface area contributed by atoms with Gasteiger partial charge in [0, 0.05) is 0 Å². The summed E-state index contributed by atoms with van der Waals surface area (Å²) in [5.41, 5.74) is 0.960. The van der Waals surface area contributed by atoms with Gasteiger partial charge in [0.25, 0.3) is 0 Å². The number of rotatable bonds is 3. The fraction of sp³-hybridized carbons (Fsp3) is 0.500. The number of nitrogens with one attached hydrogen (secondary N) is 1. The molecule has 3 rings (SSSR count). The summed E-state index contributed by atoms with van der Waals surface area (Å²) in [6.07, 6.45) is 3.53. The summed E-state index contributed by atoms with van der Waals surface area (Å²) in [6, 6.07) is 10.5. The zero-order chi connectivity index (χ0) is 14.0. The molecule has 0 amide bonds. The molecule has 1 aliphatic rings. The Morgan fingerprint density at radius 2 is 2.00 bits per heavy atom. The molecular formula is C16H21N3O. The van der Waals surface area contributed by atoms with E-state index in [1.807, 2.05) is 18.2 Å². The molecular weight excluding hydrogens is 250 g/mol. The van der Waals surface area contributed by atoms with E-state index >= 15 is 0 Å². The van der Waals surface area contributed by atoms with Gasteiger partial charge in [0.15, 0.2) is 5.82 Å². The van der Waals surface area contributed by atoms with Gasteiger partial charge < -0.3 is 9.84 Å². The molecule has 106 valence electrons. The van der Waals surface area contributed by atoms with Crippen molar-refractivity contribution in [3.8, 4) is 0 Å². The van der Waals surface area contributed by atoms with Crippen LogP contribution < -0.4 is 5.32 Å². The van der Waals surface area contributed by atoms with Crippen LogP contribution in [0.1, 0.15) is 56.4 Å². The molecule has 4 nitrogen and oxygen atoms in total. The van der Waals surface area contributed by atoms with Crippen LogP contribution in [0, 0.1) is 0 Å². The molecule has 0 bridgehead atoms. The first-order valence-electron chi connectivity index (χ1n) is 7.31. The highest BCUT2D eigenvalue weighted by Crippen LogP contribution is 2.30. The standard InChI is InChI=1S/C16H21N3O/c1-16(2,12-8-4-3-5-9-12)15-18-14(20-19-15)13-10-6-7-11-17-13/h3-5,8-9,13,17H,6-7,10-11H2,1-2H3/t13-/m1/s1. The predicted molar refractivity (Wildman–Crippen MR) is 77.5 cm³/mol. The Morgan fingerprint density at radius 3 is 2.70 bits per heavy atom. The van der Waals surface area contributed by atoms with Crippen LogP contribution in [0.2, 0.25) is 0 Å². The summed E-state index contributed by atoms with van der Waals surface area (Å²) >= 11 is 0. The van der Waals surface area contributed by atoms with E-state index in [-0.39, 0.29) is 11.5 Å². The summed E-state index contributed by atoms with van der Waals surface area (Å²) in [6.45, 7) is 5.29. The minimum Gasteiger partial charge on any atom is -0.338 e. The second-order valence-electron chi connectivity index (χ2n) is 5.95. The molecule has 2 heterocycles. The zero-order valence-corrected chi connectivity index (χ0v) is 12.1. The van der Waals surface area contributed by atoms with E-state index in [1.165, 1.54) is 18.4 Å². The van der Waals surface area contributed by atoms with Crippen molar-refractivity contribution >= 4 is 0 Å². The molecule has 2 aromatic rings. The van der Waals surface area contributed by atoms with Crippen LogP contribution in [0.15, 0.2) is 34.9 Å². The van der Waals surface area contributed by atoms with Crippen molar-refractivity contribution < 1.29 is 4.52 Å². The fourth-order valence-electron chi connectivity index (χ4n) is 2.68. The number of hydrogen-bond donors (Lipinski definition) is 1. The molecule has 0 aliphatic carbocycles. The van der Waals surface area contributed by atoms with E-state index in [1.54, 1.807) is 0 Å². The van der Waals surface area contributed by atoms with Gasteiger partial charge in [-0.3, -0.25) is 0 Å². The van der Waals surface area contributed by atoms with E-state index in [0.29, 0.717) is 0 Å².